The highest BCUT2D eigenvalue weighted by atomic mass is 35.5. The highest BCUT2D eigenvalue weighted by molar-refractivity contribution is 6.29. The average Bonchev–Trinajstić information content (AvgIpc) is 2.15. The van der Waals surface area contributed by atoms with Crippen LogP contribution in [-0.4, -0.2) is 40.5 Å². The zero-order valence-corrected chi connectivity index (χ0v) is 9.54. The molecule has 0 unspecified atom stereocenters. The molecule has 15 heavy (non-hydrogen) atoms. The Kier molecular flexibility index (Phi) is 3.38. The van der Waals surface area contributed by atoms with Gasteiger partial charge < -0.3 is 5.32 Å². The largest absolute Gasteiger partial charge is 0.363 e. The first-order valence-corrected chi connectivity index (χ1v) is 5.62. The zero-order valence-electron chi connectivity index (χ0n) is 8.78. The Bertz CT molecular complexity index is 325. The first-order valence-electron chi connectivity index (χ1n) is 5.24. The lowest BCUT2D eigenvalue weighted by molar-refractivity contribution is 0.162. The minimum Gasteiger partial charge on any atom is -0.363 e. The van der Waals surface area contributed by atoms with Crippen LogP contribution in [0.4, 0.5) is 5.82 Å². The van der Waals surface area contributed by atoms with E-state index in [2.05, 4.69) is 27.1 Å². The molecule has 1 aliphatic rings. The molecule has 0 atom stereocenters. The van der Waals surface area contributed by atoms with Gasteiger partial charge in [0.25, 0.3) is 0 Å². The van der Waals surface area contributed by atoms with E-state index in [-0.39, 0.29) is 0 Å². The molecular weight excluding hydrogens is 212 g/mol. The molecule has 0 spiro atoms. The quantitative estimate of drug-likeness (QED) is 0.848. The number of aromatic nitrogens is 2. The summed E-state index contributed by atoms with van der Waals surface area (Å²) in [6.45, 7) is 5.55. The highest BCUT2D eigenvalue weighted by Gasteiger charge is 2.25. The summed E-state index contributed by atoms with van der Waals surface area (Å²) in [7, 11) is 0. The fourth-order valence-corrected chi connectivity index (χ4v) is 1.93. The standard InChI is InChI=1S/C10H15ClN4/c1-2-3-15-6-8(7-15)13-10-5-12-4-9(11)14-10/h4-5,8H,2-3,6-7H2,1H3,(H,13,14). The van der Waals surface area contributed by atoms with E-state index in [0.717, 1.165) is 18.9 Å². The predicted octanol–water partition coefficient (Wildman–Crippen LogP) is 1.64. The van der Waals surface area contributed by atoms with Gasteiger partial charge in [-0.15, -0.1) is 0 Å². The van der Waals surface area contributed by atoms with Gasteiger partial charge in [-0.1, -0.05) is 18.5 Å². The van der Waals surface area contributed by atoms with Crippen LogP contribution in [0.3, 0.4) is 0 Å². The average molecular weight is 227 g/mol. The minimum absolute atomic E-state index is 0.435. The Balaban J connectivity index is 1.80. The molecule has 1 fully saturated rings. The van der Waals surface area contributed by atoms with Gasteiger partial charge in [-0.05, 0) is 13.0 Å². The van der Waals surface area contributed by atoms with Crippen molar-refractivity contribution < 1.29 is 0 Å². The van der Waals surface area contributed by atoms with Gasteiger partial charge in [-0.2, -0.15) is 0 Å². The molecule has 0 radical (unpaired) electrons. The second kappa shape index (κ2) is 4.77. The van der Waals surface area contributed by atoms with Crippen LogP contribution in [0, 0.1) is 0 Å². The van der Waals surface area contributed by atoms with Gasteiger partial charge in [0, 0.05) is 13.1 Å². The first-order chi connectivity index (χ1) is 7.28. The van der Waals surface area contributed by atoms with E-state index in [1.54, 1.807) is 6.20 Å². The Labute approximate surface area is 94.7 Å². The number of nitrogens with one attached hydrogen (secondary N) is 1. The summed E-state index contributed by atoms with van der Waals surface area (Å²) < 4.78 is 0. The lowest BCUT2D eigenvalue weighted by atomic mass is 10.1. The number of rotatable bonds is 4. The Morgan fingerprint density at radius 1 is 1.53 bits per heavy atom. The van der Waals surface area contributed by atoms with Crippen LogP contribution in [0.2, 0.25) is 5.15 Å². The fourth-order valence-electron chi connectivity index (χ4n) is 1.78. The second-order valence-electron chi connectivity index (χ2n) is 3.83. The fraction of sp³-hybridized carbons (Fsp3) is 0.600. The summed E-state index contributed by atoms with van der Waals surface area (Å²) >= 11 is 5.74. The molecule has 2 rings (SSSR count). The van der Waals surface area contributed by atoms with Gasteiger partial charge in [0.05, 0.1) is 18.4 Å². The van der Waals surface area contributed by atoms with Crippen molar-refractivity contribution in [1.82, 2.24) is 14.9 Å². The molecule has 0 aliphatic carbocycles. The van der Waals surface area contributed by atoms with E-state index in [4.69, 9.17) is 11.6 Å². The predicted molar refractivity (Wildman–Crippen MR) is 61.2 cm³/mol. The first kappa shape index (κ1) is 10.6. The molecular formula is C10H15ClN4. The minimum atomic E-state index is 0.435. The molecule has 0 amide bonds. The molecule has 0 aromatic carbocycles. The second-order valence-corrected chi connectivity index (χ2v) is 4.22. The van der Waals surface area contributed by atoms with Gasteiger partial charge in [0.15, 0.2) is 0 Å². The van der Waals surface area contributed by atoms with Crippen molar-refractivity contribution in [2.45, 2.75) is 19.4 Å². The molecule has 4 nitrogen and oxygen atoms in total. The van der Waals surface area contributed by atoms with Crippen molar-refractivity contribution in [2.75, 3.05) is 25.0 Å². The molecule has 82 valence electrons. The molecule has 5 heteroatoms. The van der Waals surface area contributed by atoms with Gasteiger partial charge in [-0.3, -0.25) is 9.88 Å². The summed E-state index contributed by atoms with van der Waals surface area (Å²) in [6, 6.07) is 0.490. The van der Waals surface area contributed by atoms with Crippen molar-refractivity contribution in [3.8, 4) is 0 Å². The summed E-state index contributed by atoms with van der Waals surface area (Å²) in [6.07, 6.45) is 4.45. The van der Waals surface area contributed by atoms with Crippen LogP contribution >= 0.6 is 11.6 Å². The number of nitrogens with zero attached hydrogens (tertiary/aromatic N) is 3. The topological polar surface area (TPSA) is 41.0 Å². The van der Waals surface area contributed by atoms with E-state index in [9.17, 15) is 0 Å². The van der Waals surface area contributed by atoms with Crippen molar-refractivity contribution in [1.29, 1.82) is 0 Å². The monoisotopic (exact) mass is 226 g/mol. The van der Waals surface area contributed by atoms with Crippen LogP contribution in [0.5, 0.6) is 0 Å². The molecule has 1 aromatic heterocycles. The summed E-state index contributed by atoms with van der Waals surface area (Å²) in [5.41, 5.74) is 0. The molecule has 2 heterocycles. The lowest BCUT2D eigenvalue weighted by Crippen LogP contribution is -2.54. The van der Waals surface area contributed by atoms with E-state index >= 15 is 0 Å². The van der Waals surface area contributed by atoms with E-state index < -0.39 is 0 Å². The van der Waals surface area contributed by atoms with Crippen LogP contribution in [0.1, 0.15) is 13.3 Å². The normalized spacial score (nSPS) is 17.5. The number of halogens is 1. The SMILES string of the molecule is CCCN1CC(Nc2cncc(Cl)n2)C1. The van der Waals surface area contributed by atoms with Crippen LogP contribution in [0.25, 0.3) is 0 Å². The summed E-state index contributed by atoms with van der Waals surface area (Å²) in [5.74, 6) is 0.767. The van der Waals surface area contributed by atoms with Gasteiger partial charge in [0.1, 0.15) is 11.0 Å². The third-order valence-corrected chi connectivity index (χ3v) is 2.64. The summed E-state index contributed by atoms with van der Waals surface area (Å²) in [4.78, 5) is 10.5. The Morgan fingerprint density at radius 2 is 2.33 bits per heavy atom. The third-order valence-electron chi connectivity index (χ3n) is 2.45. The van der Waals surface area contributed by atoms with Gasteiger partial charge >= 0.3 is 0 Å². The van der Waals surface area contributed by atoms with Gasteiger partial charge in [0.2, 0.25) is 0 Å². The molecule has 1 saturated heterocycles. The molecule has 1 N–H and O–H groups in total. The van der Waals surface area contributed by atoms with Crippen LogP contribution in [-0.2, 0) is 0 Å². The lowest BCUT2D eigenvalue weighted by Gasteiger charge is -2.39. The van der Waals surface area contributed by atoms with Crippen molar-refractivity contribution in [3.05, 3.63) is 17.5 Å². The molecule has 1 aliphatic heterocycles. The van der Waals surface area contributed by atoms with Gasteiger partial charge in [-0.25, -0.2) is 4.98 Å². The number of anilines is 1. The van der Waals surface area contributed by atoms with Crippen molar-refractivity contribution in [3.63, 3.8) is 0 Å². The smallest absolute Gasteiger partial charge is 0.149 e. The van der Waals surface area contributed by atoms with Crippen LogP contribution in [0.15, 0.2) is 12.4 Å². The van der Waals surface area contributed by atoms with E-state index in [1.807, 2.05) is 0 Å². The van der Waals surface area contributed by atoms with Crippen molar-refractivity contribution in [2.24, 2.45) is 0 Å². The number of hydrogen-bond donors (Lipinski definition) is 1. The number of likely N-dealkylation sites (tertiary alicyclic amines) is 1. The third kappa shape index (κ3) is 2.79. The van der Waals surface area contributed by atoms with E-state index in [0.29, 0.717) is 11.2 Å². The highest BCUT2D eigenvalue weighted by Crippen LogP contribution is 2.14. The van der Waals surface area contributed by atoms with Crippen LogP contribution < -0.4 is 5.32 Å². The number of hydrogen-bond acceptors (Lipinski definition) is 4. The molecule has 0 saturated carbocycles. The Hall–Kier alpha value is -0.870. The molecule has 0 bridgehead atoms. The zero-order chi connectivity index (χ0) is 10.7. The summed E-state index contributed by atoms with van der Waals surface area (Å²) in [5, 5.41) is 3.74. The maximum Gasteiger partial charge on any atom is 0.149 e. The maximum atomic E-state index is 5.74. The molecule has 1 aromatic rings. The van der Waals surface area contributed by atoms with Crippen molar-refractivity contribution >= 4 is 17.4 Å². The maximum absolute atomic E-state index is 5.74. The van der Waals surface area contributed by atoms with E-state index in [1.165, 1.54) is 19.2 Å². The Morgan fingerprint density at radius 3 is 3.00 bits per heavy atom.